The molecule has 0 aliphatic rings. The van der Waals surface area contributed by atoms with Gasteiger partial charge in [-0.3, -0.25) is 4.90 Å². The van der Waals surface area contributed by atoms with Gasteiger partial charge < -0.3 is 9.67 Å². The third-order valence-electron chi connectivity index (χ3n) is 4.04. The van der Waals surface area contributed by atoms with Crippen LogP contribution in [0.1, 0.15) is 17.5 Å². The highest BCUT2D eigenvalue weighted by atomic mass is 19.1. The number of benzene rings is 2. The summed E-state index contributed by atoms with van der Waals surface area (Å²) in [4.78, 5) is 6.56. The Kier molecular flexibility index (Phi) is 4.41. The zero-order valence-corrected chi connectivity index (χ0v) is 13.3. The lowest BCUT2D eigenvalue weighted by atomic mass is 10.1. The molecule has 3 aromatic rings. The summed E-state index contributed by atoms with van der Waals surface area (Å²) in [6.45, 7) is 0.917. The van der Waals surface area contributed by atoms with Gasteiger partial charge in [0.2, 0.25) is 0 Å². The van der Waals surface area contributed by atoms with E-state index in [4.69, 9.17) is 0 Å². The number of rotatable bonds is 5. The van der Waals surface area contributed by atoms with Gasteiger partial charge >= 0.3 is 0 Å². The number of halogens is 1. The molecule has 4 nitrogen and oxygen atoms in total. The molecule has 0 amide bonds. The standard InChI is InChI=1S/C18H20FN3O/c1-21(11-17(23)13-7-3-4-8-14(13)19)12-18-20-15-9-5-6-10-16(15)22(18)2/h3-10,17,23H,11-12H2,1-2H3. The second kappa shape index (κ2) is 6.48. The predicted octanol–water partition coefficient (Wildman–Crippen LogP) is 2.88. The third-order valence-corrected chi connectivity index (χ3v) is 4.04. The van der Waals surface area contributed by atoms with Crippen molar-refractivity contribution in [2.45, 2.75) is 12.6 Å². The average Bonchev–Trinajstić information content (AvgIpc) is 2.84. The Balaban J connectivity index is 1.72. The monoisotopic (exact) mass is 313 g/mol. The molecule has 0 aliphatic heterocycles. The molecule has 0 bridgehead atoms. The molecule has 0 radical (unpaired) electrons. The SMILES string of the molecule is CN(Cc1nc2ccccc2n1C)CC(O)c1ccccc1F. The zero-order chi connectivity index (χ0) is 16.4. The van der Waals surface area contributed by atoms with E-state index < -0.39 is 6.10 Å². The molecule has 0 saturated heterocycles. The molecule has 1 unspecified atom stereocenters. The first-order chi connectivity index (χ1) is 11.1. The van der Waals surface area contributed by atoms with Crippen LogP contribution in [0.2, 0.25) is 0 Å². The minimum atomic E-state index is -0.865. The van der Waals surface area contributed by atoms with Crippen molar-refractivity contribution >= 4 is 11.0 Å². The Bertz CT molecular complexity index is 815. The van der Waals surface area contributed by atoms with Crippen molar-refractivity contribution in [2.24, 2.45) is 7.05 Å². The fraction of sp³-hybridized carbons (Fsp3) is 0.278. The molecule has 0 fully saturated rings. The van der Waals surface area contributed by atoms with E-state index >= 15 is 0 Å². The first-order valence-corrected chi connectivity index (χ1v) is 7.57. The van der Waals surface area contributed by atoms with Gasteiger partial charge in [0.15, 0.2) is 0 Å². The van der Waals surface area contributed by atoms with Crippen LogP contribution in [0.25, 0.3) is 11.0 Å². The van der Waals surface area contributed by atoms with E-state index in [2.05, 4.69) is 4.98 Å². The van der Waals surface area contributed by atoms with Crippen LogP contribution < -0.4 is 0 Å². The Hall–Kier alpha value is -2.24. The highest BCUT2D eigenvalue weighted by Crippen LogP contribution is 2.19. The predicted molar refractivity (Wildman–Crippen MR) is 88.4 cm³/mol. The first-order valence-electron chi connectivity index (χ1n) is 7.57. The molecule has 0 aliphatic carbocycles. The van der Waals surface area contributed by atoms with Gasteiger partial charge in [-0.2, -0.15) is 0 Å². The molecular weight excluding hydrogens is 293 g/mol. The smallest absolute Gasteiger partial charge is 0.129 e. The van der Waals surface area contributed by atoms with Crippen LogP contribution in [0.3, 0.4) is 0 Å². The first kappa shape index (κ1) is 15.6. The van der Waals surface area contributed by atoms with Crippen molar-refractivity contribution in [1.82, 2.24) is 14.5 Å². The van der Waals surface area contributed by atoms with E-state index in [1.54, 1.807) is 18.2 Å². The maximum absolute atomic E-state index is 13.7. The zero-order valence-electron chi connectivity index (χ0n) is 13.3. The molecule has 1 atom stereocenters. The summed E-state index contributed by atoms with van der Waals surface area (Å²) in [5.41, 5.74) is 2.35. The molecular formula is C18H20FN3O. The number of hydrogen-bond acceptors (Lipinski definition) is 3. The molecule has 23 heavy (non-hydrogen) atoms. The highest BCUT2D eigenvalue weighted by Gasteiger charge is 2.16. The lowest BCUT2D eigenvalue weighted by Gasteiger charge is -2.20. The number of aryl methyl sites for hydroxylation is 1. The molecule has 1 aromatic heterocycles. The summed E-state index contributed by atoms with van der Waals surface area (Å²) in [5, 5.41) is 10.3. The van der Waals surface area contributed by atoms with Gasteiger partial charge in [-0.15, -0.1) is 0 Å². The van der Waals surface area contributed by atoms with E-state index in [1.807, 2.05) is 47.8 Å². The molecule has 1 heterocycles. The highest BCUT2D eigenvalue weighted by molar-refractivity contribution is 5.75. The van der Waals surface area contributed by atoms with Crippen molar-refractivity contribution in [3.63, 3.8) is 0 Å². The Morgan fingerprint density at radius 3 is 2.61 bits per heavy atom. The summed E-state index contributed by atoms with van der Waals surface area (Å²) in [5.74, 6) is 0.533. The van der Waals surface area contributed by atoms with Crippen LogP contribution >= 0.6 is 0 Å². The van der Waals surface area contributed by atoms with Gasteiger partial charge in [0.25, 0.3) is 0 Å². The molecule has 0 saturated carbocycles. The quantitative estimate of drug-likeness (QED) is 0.787. The number of aromatic nitrogens is 2. The van der Waals surface area contributed by atoms with E-state index in [1.165, 1.54) is 6.07 Å². The Morgan fingerprint density at radius 1 is 1.17 bits per heavy atom. The minimum Gasteiger partial charge on any atom is -0.387 e. The maximum Gasteiger partial charge on any atom is 0.129 e. The van der Waals surface area contributed by atoms with Crippen LogP contribution in [-0.2, 0) is 13.6 Å². The van der Waals surface area contributed by atoms with Gasteiger partial charge in [0.05, 0.1) is 23.7 Å². The summed E-state index contributed by atoms with van der Waals surface area (Å²) in [7, 11) is 3.87. The molecule has 5 heteroatoms. The fourth-order valence-electron chi connectivity index (χ4n) is 2.78. The molecule has 0 spiro atoms. The van der Waals surface area contributed by atoms with Gasteiger partial charge in [0.1, 0.15) is 11.6 Å². The maximum atomic E-state index is 13.7. The summed E-state index contributed by atoms with van der Waals surface area (Å²) >= 11 is 0. The fourth-order valence-corrected chi connectivity index (χ4v) is 2.78. The van der Waals surface area contributed by atoms with Crippen LogP contribution in [0, 0.1) is 5.82 Å². The summed E-state index contributed by atoms with van der Waals surface area (Å²) in [6, 6.07) is 14.3. The van der Waals surface area contributed by atoms with Gasteiger partial charge in [-0.1, -0.05) is 30.3 Å². The molecule has 1 N–H and O–H groups in total. The number of para-hydroxylation sites is 2. The number of hydrogen-bond donors (Lipinski definition) is 1. The molecule has 3 rings (SSSR count). The molecule has 120 valence electrons. The van der Waals surface area contributed by atoms with Gasteiger partial charge in [-0.25, -0.2) is 9.37 Å². The van der Waals surface area contributed by atoms with Crippen molar-refractivity contribution in [3.8, 4) is 0 Å². The van der Waals surface area contributed by atoms with Crippen molar-refractivity contribution < 1.29 is 9.50 Å². The second-order valence-corrected chi connectivity index (χ2v) is 5.81. The van der Waals surface area contributed by atoms with Crippen LogP contribution in [-0.4, -0.2) is 33.1 Å². The van der Waals surface area contributed by atoms with E-state index in [9.17, 15) is 9.50 Å². The van der Waals surface area contributed by atoms with Gasteiger partial charge in [0, 0.05) is 19.2 Å². The number of aliphatic hydroxyl groups is 1. The largest absolute Gasteiger partial charge is 0.387 e. The Labute approximate surface area is 134 Å². The summed E-state index contributed by atoms with van der Waals surface area (Å²) in [6.07, 6.45) is -0.865. The number of fused-ring (bicyclic) bond motifs is 1. The third kappa shape index (κ3) is 3.25. The van der Waals surface area contributed by atoms with E-state index in [-0.39, 0.29) is 5.82 Å². The topological polar surface area (TPSA) is 41.3 Å². The van der Waals surface area contributed by atoms with Crippen molar-refractivity contribution in [1.29, 1.82) is 0 Å². The van der Waals surface area contributed by atoms with Crippen LogP contribution in [0.4, 0.5) is 4.39 Å². The second-order valence-electron chi connectivity index (χ2n) is 5.81. The van der Waals surface area contributed by atoms with E-state index in [0.29, 0.717) is 18.7 Å². The van der Waals surface area contributed by atoms with Crippen molar-refractivity contribution in [2.75, 3.05) is 13.6 Å². The average molecular weight is 313 g/mol. The number of nitrogens with zero attached hydrogens (tertiary/aromatic N) is 3. The number of imidazole rings is 1. The lowest BCUT2D eigenvalue weighted by Crippen LogP contribution is -2.26. The number of aliphatic hydroxyl groups excluding tert-OH is 1. The Morgan fingerprint density at radius 2 is 1.87 bits per heavy atom. The number of likely N-dealkylation sites (N-methyl/N-ethyl adjacent to an activating group) is 1. The molecule has 2 aromatic carbocycles. The van der Waals surface area contributed by atoms with Crippen LogP contribution in [0.5, 0.6) is 0 Å². The lowest BCUT2D eigenvalue weighted by molar-refractivity contribution is 0.119. The van der Waals surface area contributed by atoms with Crippen molar-refractivity contribution in [3.05, 3.63) is 65.7 Å². The van der Waals surface area contributed by atoms with Gasteiger partial charge in [-0.05, 0) is 25.2 Å². The van der Waals surface area contributed by atoms with E-state index in [0.717, 1.165) is 16.9 Å². The normalized spacial score (nSPS) is 12.9. The van der Waals surface area contributed by atoms with Crippen LogP contribution in [0.15, 0.2) is 48.5 Å². The summed E-state index contributed by atoms with van der Waals surface area (Å²) < 4.78 is 15.8. The minimum absolute atomic E-state index is 0.323.